The normalized spacial score (nSPS) is 24.7. The van der Waals surface area contributed by atoms with Gasteiger partial charge in [0.15, 0.2) is 0 Å². The Hall–Kier alpha value is -1.96. The number of rotatable bonds is 2. The van der Waals surface area contributed by atoms with Gasteiger partial charge in [-0.3, -0.25) is 4.79 Å². The van der Waals surface area contributed by atoms with Gasteiger partial charge in [-0.15, -0.1) is 0 Å². The molecule has 1 fully saturated rings. The van der Waals surface area contributed by atoms with Crippen LogP contribution in [0.15, 0.2) is 24.3 Å². The van der Waals surface area contributed by atoms with Gasteiger partial charge in [0.25, 0.3) is 0 Å². The molecule has 1 unspecified atom stereocenters. The van der Waals surface area contributed by atoms with Gasteiger partial charge in [-0.1, -0.05) is 12.1 Å². The summed E-state index contributed by atoms with van der Waals surface area (Å²) in [6.07, 6.45) is -0.820. The number of carbonyl (C=O) groups is 1. The van der Waals surface area contributed by atoms with E-state index in [1.165, 1.54) is 19.2 Å². The molecule has 0 amide bonds. The quantitative estimate of drug-likeness (QED) is 0.772. The Morgan fingerprint density at radius 2 is 1.95 bits per heavy atom. The summed E-state index contributed by atoms with van der Waals surface area (Å²) in [5.74, 6) is -3.50. The molecule has 1 aromatic rings. The zero-order valence-electron chi connectivity index (χ0n) is 10.5. The maximum absolute atomic E-state index is 13.5. The average Bonchev–Trinajstić information content (AvgIpc) is 2.75. The van der Waals surface area contributed by atoms with E-state index in [1.54, 1.807) is 12.1 Å². The molecule has 3 nitrogen and oxygen atoms in total. The largest absolute Gasteiger partial charge is 0.468 e. The summed E-state index contributed by atoms with van der Waals surface area (Å²) in [6, 6.07) is 8.11. The highest BCUT2D eigenvalue weighted by Crippen LogP contribution is 2.49. The maximum Gasteiger partial charge on any atom is 0.316 e. The second-order valence-electron chi connectivity index (χ2n) is 4.80. The summed E-state index contributed by atoms with van der Waals surface area (Å²) < 4.78 is 31.7. The fourth-order valence-electron chi connectivity index (χ4n) is 2.61. The number of methoxy groups -OCH3 is 1. The molecule has 1 atom stereocenters. The van der Waals surface area contributed by atoms with Crippen molar-refractivity contribution in [3.63, 3.8) is 0 Å². The summed E-state index contributed by atoms with van der Waals surface area (Å²) in [7, 11) is 1.20. The van der Waals surface area contributed by atoms with Crippen molar-refractivity contribution in [3.05, 3.63) is 35.4 Å². The van der Waals surface area contributed by atoms with E-state index in [-0.39, 0.29) is 12.8 Å². The van der Waals surface area contributed by atoms with Gasteiger partial charge in [0, 0.05) is 12.8 Å². The van der Waals surface area contributed by atoms with Crippen molar-refractivity contribution >= 4 is 5.97 Å². The molecular weight excluding hydrogens is 252 g/mol. The molecular formula is C14H13F2NO2. The van der Waals surface area contributed by atoms with E-state index in [4.69, 9.17) is 10.00 Å². The highest BCUT2D eigenvalue weighted by Gasteiger charge is 2.55. The van der Waals surface area contributed by atoms with Crippen molar-refractivity contribution in [2.75, 3.05) is 7.11 Å². The molecule has 2 rings (SSSR count). The summed E-state index contributed by atoms with van der Waals surface area (Å²) >= 11 is 0. The Kier molecular flexibility index (Phi) is 3.27. The fourth-order valence-corrected chi connectivity index (χ4v) is 2.61. The SMILES string of the molecule is COC(=O)C1(c2ccc(C#N)cc2)CCC(F)(F)C1. The molecule has 100 valence electrons. The third-order valence-corrected chi connectivity index (χ3v) is 3.62. The van der Waals surface area contributed by atoms with Crippen LogP contribution in [0.2, 0.25) is 0 Å². The molecule has 0 N–H and O–H groups in total. The lowest BCUT2D eigenvalue weighted by atomic mass is 9.78. The summed E-state index contributed by atoms with van der Waals surface area (Å²) in [5.41, 5.74) is -0.393. The number of esters is 1. The van der Waals surface area contributed by atoms with Crippen LogP contribution >= 0.6 is 0 Å². The number of hydrogen-bond donors (Lipinski definition) is 0. The standard InChI is InChI=1S/C14H13F2NO2/c1-19-12(18)13(6-7-14(15,16)9-13)11-4-2-10(8-17)3-5-11/h2-5H,6-7,9H2,1H3. The Balaban J connectivity index is 2.44. The Morgan fingerprint density at radius 3 is 2.37 bits per heavy atom. The summed E-state index contributed by atoms with van der Waals surface area (Å²) in [5, 5.41) is 8.73. The van der Waals surface area contributed by atoms with E-state index in [2.05, 4.69) is 0 Å². The number of halogens is 2. The van der Waals surface area contributed by atoms with E-state index < -0.39 is 23.7 Å². The number of benzene rings is 1. The van der Waals surface area contributed by atoms with E-state index >= 15 is 0 Å². The lowest BCUT2D eigenvalue weighted by Crippen LogP contribution is -2.35. The van der Waals surface area contributed by atoms with E-state index in [0.29, 0.717) is 11.1 Å². The van der Waals surface area contributed by atoms with E-state index in [0.717, 1.165) is 0 Å². The second kappa shape index (κ2) is 4.61. The molecule has 0 saturated heterocycles. The smallest absolute Gasteiger partial charge is 0.316 e. The first-order valence-corrected chi connectivity index (χ1v) is 5.90. The number of carbonyl (C=O) groups excluding carboxylic acids is 1. The van der Waals surface area contributed by atoms with Crippen molar-refractivity contribution in [1.29, 1.82) is 5.26 Å². The van der Waals surface area contributed by atoms with Gasteiger partial charge < -0.3 is 4.74 Å². The third-order valence-electron chi connectivity index (χ3n) is 3.62. The molecule has 0 aromatic heterocycles. The zero-order valence-corrected chi connectivity index (χ0v) is 10.5. The van der Waals surface area contributed by atoms with Gasteiger partial charge >= 0.3 is 5.97 Å². The highest BCUT2D eigenvalue weighted by molar-refractivity contribution is 5.84. The number of ether oxygens (including phenoxy) is 1. The van der Waals surface area contributed by atoms with Crippen molar-refractivity contribution in [3.8, 4) is 6.07 Å². The van der Waals surface area contributed by atoms with Gasteiger partial charge in [0.2, 0.25) is 5.92 Å². The highest BCUT2D eigenvalue weighted by atomic mass is 19.3. The lowest BCUT2D eigenvalue weighted by Gasteiger charge is -2.26. The van der Waals surface area contributed by atoms with Crippen LogP contribution in [0.1, 0.15) is 30.4 Å². The first kappa shape index (κ1) is 13.5. The molecule has 0 radical (unpaired) electrons. The molecule has 0 aliphatic heterocycles. The lowest BCUT2D eigenvalue weighted by molar-refractivity contribution is -0.148. The van der Waals surface area contributed by atoms with Crippen molar-refractivity contribution in [2.45, 2.75) is 30.6 Å². The number of alkyl halides is 2. The van der Waals surface area contributed by atoms with Crippen LogP contribution in [-0.4, -0.2) is 19.0 Å². The van der Waals surface area contributed by atoms with Gasteiger partial charge in [0.1, 0.15) is 0 Å². The van der Waals surface area contributed by atoms with Gasteiger partial charge in [-0.05, 0) is 24.1 Å². The zero-order chi connectivity index (χ0) is 14.1. The first-order valence-electron chi connectivity index (χ1n) is 5.90. The average molecular weight is 265 g/mol. The molecule has 0 heterocycles. The van der Waals surface area contributed by atoms with E-state index in [9.17, 15) is 13.6 Å². The van der Waals surface area contributed by atoms with Crippen LogP contribution in [-0.2, 0) is 14.9 Å². The van der Waals surface area contributed by atoms with Crippen LogP contribution in [0.4, 0.5) is 8.78 Å². The first-order chi connectivity index (χ1) is 8.93. The topological polar surface area (TPSA) is 50.1 Å². The molecule has 1 aliphatic carbocycles. The number of nitrogens with zero attached hydrogens (tertiary/aromatic N) is 1. The molecule has 0 bridgehead atoms. The second-order valence-corrected chi connectivity index (χ2v) is 4.80. The van der Waals surface area contributed by atoms with Gasteiger partial charge in [-0.25, -0.2) is 8.78 Å². The van der Waals surface area contributed by atoms with Crippen molar-refractivity contribution < 1.29 is 18.3 Å². The monoisotopic (exact) mass is 265 g/mol. The Bertz CT molecular complexity index is 533. The van der Waals surface area contributed by atoms with Crippen LogP contribution in [0.3, 0.4) is 0 Å². The minimum Gasteiger partial charge on any atom is -0.468 e. The van der Waals surface area contributed by atoms with Crippen molar-refractivity contribution in [2.24, 2.45) is 0 Å². The van der Waals surface area contributed by atoms with Crippen LogP contribution in [0.25, 0.3) is 0 Å². The van der Waals surface area contributed by atoms with Crippen LogP contribution in [0.5, 0.6) is 0 Å². The molecule has 1 aliphatic rings. The summed E-state index contributed by atoms with van der Waals surface area (Å²) in [4.78, 5) is 12.0. The van der Waals surface area contributed by atoms with Gasteiger partial charge in [-0.2, -0.15) is 5.26 Å². The minimum absolute atomic E-state index is 0.0541. The minimum atomic E-state index is -2.86. The number of hydrogen-bond acceptors (Lipinski definition) is 3. The van der Waals surface area contributed by atoms with Crippen molar-refractivity contribution in [1.82, 2.24) is 0 Å². The predicted octanol–water partition coefficient (Wildman–Crippen LogP) is 2.79. The Labute approximate surface area is 109 Å². The molecule has 1 aromatic carbocycles. The van der Waals surface area contributed by atoms with E-state index in [1.807, 2.05) is 6.07 Å². The third kappa shape index (κ3) is 2.30. The maximum atomic E-state index is 13.5. The molecule has 5 heteroatoms. The van der Waals surface area contributed by atoms with Crippen LogP contribution in [0, 0.1) is 11.3 Å². The van der Waals surface area contributed by atoms with Crippen LogP contribution < -0.4 is 0 Å². The predicted molar refractivity (Wildman–Crippen MR) is 63.6 cm³/mol. The molecule has 19 heavy (non-hydrogen) atoms. The molecule has 1 saturated carbocycles. The van der Waals surface area contributed by atoms with Gasteiger partial charge in [0.05, 0.1) is 24.2 Å². The number of nitriles is 1. The molecule has 0 spiro atoms. The Morgan fingerprint density at radius 1 is 1.32 bits per heavy atom. The summed E-state index contributed by atoms with van der Waals surface area (Å²) in [6.45, 7) is 0. The fraction of sp³-hybridized carbons (Fsp3) is 0.429.